The van der Waals surface area contributed by atoms with Gasteiger partial charge in [0.25, 0.3) is 0 Å². The number of nitrogens with zero attached hydrogens (tertiary/aromatic N) is 1. The van der Waals surface area contributed by atoms with E-state index in [2.05, 4.69) is 4.90 Å². The quantitative estimate of drug-likeness (QED) is 0.737. The van der Waals surface area contributed by atoms with Crippen molar-refractivity contribution in [2.45, 2.75) is 25.0 Å². The van der Waals surface area contributed by atoms with Crippen molar-refractivity contribution in [2.24, 2.45) is 0 Å². The van der Waals surface area contributed by atoms with Gasteiger partial charge >= 0.3 is 0 Å². The van der Waals surface area contributed by atoms with E-state index in [0.29, 0.717) is 18.9 Å². The highest BCUT2D eigenvalue weighted by atomic mass is 16.6. The van der Waals surface area contributed by atoms with Crippen molar-refractivity contribution >= 4 is 0 Å². The van der Waals surface area contributed by atoms with Gasteiger partial charge in [0, 0.05) is 20.3 Å². The van der Waals surface area contributed by atoms with Crippen molar-refractivity contribution in [3.63, 3.8) is 0 Å². The molecule has 1 aromatic rings. The minimum atomic E-state index is -0.564. The molecule has 5 nitrogen and oxygen atoms in total. The summed E-state index contributed by atoms with van der Waals surface area (Å²) in [5.41, 5.74) is 0. The molecule has 1 aliphatic heterocycles. The summed E-state index contributed by atoms with van der Waals surface area (Å²) in [7, 11) is 3.72. The van der Waals surface area contributed by atoms with Crippen LogP contribution < -0.4 is 9.47 Å². The van der Waals surface area contributed by atoms with E-state index in [-0.39, 0.29) is 6.10 Å². The number of likely N-dealkylation sites (N-methyl/N-ethyl adjacent to an activating group) is 1. The van der Waals surface area contributed by atoms with Crippen LogP contribution >= 0.6 is 0 Å². The maximum absolute atomic E-state index is 10.3. The smallest absolute Gasteiger partial charge is 0.161 e. The van der Waals surface area contributed by atoms with Crippen molar-refractivity contribution in [3.05, 3.63) is 24.3 Å². The Balaban J connectivity index is 1.75. The summed E-state index contributed by atoms with van der Waals surface area (Å²) in [6.07, 6.45) is 1.21. The van der Waals surface area contributed by atoms with Crippen LogP contribution in [0.5, 0.6) is 11.5 Å². The Kier molecular flexibility index (Phi) is 6.29. The summed E-state index contributed by atoms with van der Waals surface area (Å²) >= 11 is 0. The Hall–Kier alpha value is -1.30. The Morgan fingerprint density at radius 1 is 1.33 bits per heavy atom. The molecule has 2 atom stereocenters. The van der Waals surface area contributed by atoms with E-state index >= 15 is 0 Å². The van der Waals surface area contributed by atoms with Gasteiger partial charge in [-0.05, 0) is 38.6 Å². The Labute approximate surface area is 126 Å². The van der Waals surface area contributed by atoms with Gasteiger partial charge in [0.1, 0.15) is 12.7 Å². The lowest BCUT2D eigenvalue weighted by Crippen LogP contribution is -2.45. The zero-order valence-electron chi connectivity index (χ0n) is 12.8. The van der Waals surface area contributed by atoms with Crippen LogP contribution in [0.15, 0.2) is 24.3 Å². The number of fused-ring (bicyclic) bond motifs is 1. The van der Waals surface area contributed by atoms with Gasteiger partial charge in [0.2, 0.25) is 0 Å². The van der Waals surface area contributed by atoms with Gasteiger partial charge < -0.3 is 24.2 Å². The van der Waals surface area contributed by atoms with Crippen LogP contribution in [0.4, 0.5) is 0 Å². The first kappa shape index (κ1) is 16.1. The molecule has 21 heavy (non-hydrogen) atoms. The Bertz CT molecular complexity index is 426. The summed E-state index contributed by atoms with van der Waals surface area (Å²) < 4.78 is 16.5. The van der Waals surface area contributed by atoms with Gasteiger partial charge in [-0.1, -0.05) is 12.1 Å². The maximum Gasteiger partial charge on any atom is 0.161 e. The number of para-hydroxylation sites is 2. The second-order valence-corrected chi connectivity index (χ2v) is 5.44. The number of hydrogen-bond donors (Lipinski definition) is 1. The number of rotatable bonds is 8. The van der Waals surface area contributed by atoms with Crippen LogP contribution in [0.1, 0.15) is 12.8 Å². The highest BCUT2D eigenvalue weighted by Gasteiger charge is 2.28. The predicted molar refractivity (Wildman–Crippen MR) is 81.0 cm³/mol. The lowest BCUT2D eigenvalue weighted by atomic mass is 10.1. The molecule has 2 unspecified atom stereocenters. The molecule has 0 saturated heterocycles. The van der Waals surface area contributed by atoms with Crippen LogP contribution in [0.25, 0.3) is 0 Å². The molecule has 0 fully saturated rings. The van der Waals surface area contributed by atoms with Crippen LogP contribution in [-0.4, -0.2) is 62.7 Å². The van der Waals surface area contributed by atoms with E-state index in [1.165, 1.54) is 0 Å². The molecule has 1 heterocycles. The Morgan fingerprint density at radius 2 is 2.10 bits per heavy atom. The molecule has 1 aliphatic rings. The minimum absolute atomic E-state index is 0.318. The highest BCUT2D eigenvalue weighted by molar-refractivity contribution is 5.40. The molecule has 5 heteroatoms. The number of aliphatic hydroxyl groups excluding tert-OH is 1. The van der Waals surface area contributed by atoms with E-state index in [9.17, 15) is 5.11 Å². The van der Waals surface area contributed by atoms with Crippen LogP contribution in [0.3, 0.4) is 0 Å². The number of unbranched alkanes of at least 4 members (excludes halogenated alkanes) is 1. The van der Waals surface area contributed by atoms with E-state index in [1.54, 1.807) is 7.11 Å². The van der Waals surface area contributed by atoms with E-state index in [1.807, 2.05) is 31.3 Å². The number of methoxy groups -OCH3 is 1. The molecule has 2 rings (SSSR count). The van der Waals surface area contributed by atoms with E-state index < -0.39 is 6.10 Å². The summed E-state index contributed by atoms with van der Waals surface area (Å²) in [5, 5.41) is 10.3. The highest BCUT2D eigenvalue weighted by Crippen LogP contribution is 2.31. The summed E-state index contributed by atoms with van der Waals surface area (Å²) in [6, 6.07) is 7.55. The molecular weight excluding hydrogens is 270 g/mol. The van der Waals surface area contributed by atoms with Crippen molar-refractivity contribution in [3.8, 4) is 11.5 Å². The van der Waals surface area contributed by atoms with Gasteiger partial charge in [-0.15, -0.1) is 0 Å². The topological polar surface area (TPSA) is 51.2 Å². The zero-order chi connectivity index (χ0) is 15.1. The number of ether oxygens (including phenoxy) is 3. The third-order valence-electron chi connectivity index (χ3n) is 3.60. The largest absolute Gasteiger partial charge is 0.486 e. The van der Waals surface area contributed by atoms with Crippen LogP contribution in [-0.2, 0) is 4.74 Å². The molecule has 0 bridgehead atoms. The van der Waals surface area contributed by atoms with E-state index in [0.717, 1.165) is 31.7 Å². The molecule has 0 saturated carbocycles. The van der Waals surface area contributed by atoms with Gasteiger partial charge in [-0.2, -0.15) is 0 Å². The summed E-state index contributed by atoms with van der Waals surface area (Å²) in [6.45, 7) is 2.68. The number of aliphatic hydroxyl groups is 1. The minimum Gasteiger partial charge on any atom is -0.486 e. The average molecular weight is 295 g/mol. The van der Waals surface area contributed by atoms with Gasteiger partial charge in [-0.3, -0.25) is 0 Å². The SMILES string of the molecule is COCCCCN(C)CC(O)C1COc2ccccc2O1. The van der Waals surface area contributed by atoms with Gasteiger partial charge in [-0.25, -0.2) is 0 Å². The second-order valence-electron chi connectivity index (χ2n) is 5.44. The summed E-state index contributed by atoms with van der Waals surface area (Å²) in [5.74, 6) is 1.45. The van der Waals surface area contributed by atoms with Crippen LogP contribution in [0.2, 0.25) is 0 Å². The fraction of sp³-hybridized carbons (Fsp3) is 0.625. The average Bonchev–Trinajstić information content (AvgIpc) is 2.51. The number of benzene rings is 1. The van der Waals surface area contributed by atoms with Crippen molar-refractivity contribution in [1.29, 1.82) is 0 Å². The third kappa shape index (κ3) is 4.88. The zero-order valence-corrected chi connectivity index (χ0v) is 12.8. The lowest BCUT2D eigenvalue weighted by molar-refractivity contribution is -0.0226. The first-order valence-corrected chi connectivity index (χ1v) is 7.44. The maximum atomic E-state index is 10.3. The molecule has 0 aromatic heterocycles. The van der Waals surface area contributed by atoms with E-state index in [4.69, 9.17) is 14.2 Å². The Morgan fingerprint density at radius 3 is 2.86 bits per heavy atom. The standard InChI is InChI=1S/C16H25NO4/c1-17(9-5-6-10-19-2)11-13(18)16-12-20-14-7-3-4-8-15(14)21-16/h3-4,7-8,13,16,18H,5-6,9-12H2,1-2H3. The molecule has 0 amide bonds. The monoisotopic (exact) mass is 295 g/mol. The van der Waals surface area contributed by atoms with Crippen LogP contribution in [0, 0.1) is 0 Å². The second kappa shape index (κ2) is 8.22. The molecule has 0 spiro atoms. The fourth-order valence-electron chi connectivity index (χ4n) is 2.38. The molecular formula is C16H25NO4. The van der Waals surface area contributed by atoms with Crippen molar-refractivity contribution in [2.75, 3.05) is 40.5 Å². The third-order valence-corrected chi connectivity index (χ3v) is 3.60. The van der Waals surface area contributed by atoms with Crippen molar-refractivity contribution in [1.82, 2.24) is 4.90 Å². The first-order valence-electron chi connectivity index (χ1n) is 7.44. The molecule has 118 valence electrons. The molecule has 0 aliphatic carbocycles. The molecule has 0 radical (unpaired) electrons. The van der Waals surface area contributed by atoms with Gasteiger partial charge in [0.15, 0.2) is 17.6 Å². The lowest BCUT2D eigenvalue weighted by Gasteiger charge is -2.31. The molecule has 1 aromatic carbocycles. The first-order chi connectivity index (χ1) is 10.2. The number of hydrogen-bond acceptors (Lipinski definition) is 5. The summed E-state index contributed by atoms with van der Waals surface area (Å²) in [4.78, 5) is 2.12. The normalized spacial score (nSPS) is 18.8. The predicted octanol–water partition coefficient (Wildman–Crippen LogP) is 1.55. The van der Waals surface area contributed by atoms with Gasteiger partial charge in [0.05, 0.1) is 0 Å². The fourth-order valence-corrected chi connectivity index (χ4v) is 2.38. The molecule has 1 N–H and O–H groups in total. The van der Waals surface area contributed by atoms with Crippen molar-refractivity contribution < 1.29 is 19.3 Å².